The Balaban J connectivity index is 2.03. The predicted octanol–water partition coefficient (Wildman–Crippen LogP) is 2.33. The average molecular weight is 343 g/mol. The van der Waals surface area contributed by atoms with Crippen molar-refractivity contribution in [3.8, 4) is 0 Å². The average Bonchev–Trinajstić information content (AvgIpc) is 2.81. The van der Waals surface area contributed by atoms with Gasteiger partial charge in [0.2, 0.25) is 5.91 Å². The molecule has 0 unspecified atom stereocenters. The van der Waals surface area contributed by atoms with Gasteiger partial charge in [-0.3, -0.25) is 4.79 Å². The van der Waals surface area contributed by atoms with E-state index < -0.39 is 16.6 Å². The van der Waals surface area contributed by atoms with Gasteiger partial charge in [0.05, 0.1) is 23.0 Å². The molecule has 0 saturated carbocycles. The van der Waals surface area contributed by atoms with Crippen molar-refractivity contribution in [2.75, 3.05) is 5.32 Å². The number of aromatic nitrogens is 2. The maximum absolute atomic E-state index is 12.9. The Bertz CT molecular complexity index is 673. The minimum absolute atomic E-state index is 0.183. The molecule has 7 nitrogen and oxygen atoms in total. The van der Waals surface area contributed by atoms with Crippen LogP contribution in [-0.2, 0) is 11.3 Å². The van der Waals surface area contributed by atoms with E-state index in [0.29, 0.717) is 10.2 Å². The molecule has 9 heteroatoms. The van der Waals surface area contributed by atoms with E-state index in [0.717, 1.165) is 4.68 Å². The fourth-order valence-electron chi connectivity index (χ4n) is 1.46. The van der Waals surface area contributed by atoms with Crippen LogP contribution in [0.4, 0.5) is 15.9 Å². The smallest absolute Gasteiger partial charge is 0.358 e. The molecule has 0 aliphatic carbocycles. The number of halogens is 2. The molecule has 1 heterocycles. The summed E-state index contributed by atoms with van der Waals surface area (Å²) in [4.78, 5) is 21.5. The maximum Gasteiger partial charge on any atom is 0.389 e. The van der Waals surface area contributed by atoms with Gasteiger partial charge in [-0.05, 0) is 39.1 Å². The summed E-state index contributed by atoms with van der Waals surface area (Å²) in [5, 5.41) is 16.6. The zero-order chi connectivity index (χ0) is 14.7. The van der Waals surface area contributed by atoms with Crippen LogP contribution in [0.2, 0.25) is 0 Å². The van der Waals surface area contributed by atoms with Crippen LogP contribution in [0.1, 0.15) is 0 Å². The largest absolute Gasteiger partial charge is 0.389 e. The number of benzene rings is 1. The van der Waals surface area contributed by atoms with E-state index >= 15 is 0 Å². The third kappa shape index (κ3) is 3.38. The summed E-state index contributed by atoms with van der Waals surface area (Å²) in [5.74, 6) is -1.20. The lowest BCUT2D eigenvalue weighted by atomic mass is 10.3. The Hall–Kier alpha value is -2.29. The van der Waals surface area contributed by atoms with Crippen molar-refractivity contribution in [2.45, 2.75) is 6.54 Å². The zero-order valence-corrected chi connectivity index (χ0v) is 11.5. The molecule has 1 aromatic heterocycles. The molecule has 2 aromatic rings. The summed E-state index contributed by atoms with van der Waals surface area (Å²) in [7, 11) is 0. The van der Waals surface area contributed by atoms with E-state index in [4.69, 9.17) is 0 Å². The first-order chi connectivity index (χ1) is 9.45. The van der Waals surface area contributed by atoms with Gasteiger partial charge in [-0.2, -0.15) is 4.68 Å². The van der Waals surface area contributed by atoms with Crippen LogP contribution in [0.3, 0.4) is 0 Å². The molecule has 0 aliphatic rings. The van der Waals surface area contributed by atoms with Crippen LogP contribution in [0.5, 0.6) is 0 Å². The minimum Gasteiger partial charge on any atom is -0.358 e. The van der Waals surface area contributed by atoms with Gasteiger partial charge in [-0.25, -0.2) is 4.39 Å². The lowest BCUT2D eigenvalue weighted by molar-refractivity contribution is -0.389. The molecule has 0 bridgehead atoms. The van der Waals surface area contributed by atoms with Gasteiger partial charge in [0.15, 0.2) is 0 Å². The Morgan fingerprint density at radius 2 is 2.25 bits per heavy atom. The molecule has 0 spiro atoms. The number of carbonyl (C=O) groups excluding carboxylic acids is 1. The van der Waals surface area contributed by atoms with Crippen molar-refractivity contribution in [1.29, 1.82) is 0 Å². The van der Waals surface area contributed by atoms with Crippen LogP contribution in [-0.4, -0.2) is 20.6 Å². The fraction of sp³-hybridized carbons (Fsp3) is 0.0909. The van der Waals surface area contributed by atoms with Gasteiger partial charge in [0.1, 0.15) is 12.4 Å². The molecule has 0 atom stereocenters. The topological polar surface area (TPSA) is 90.1 Å². The lowest BCUT2D eigenvalue weighted by Gasteiger charge is -2.06. The molecule has 104 valence electrons. The van der Waals surface area contributed by atoms with Gasteiger partial charge in [0, 0.05) is 4.47 Å². The van der Waals surface area contributed by atoms with Crippen LogP contribution >= 0.6 is 15.9 Å². The summed E-state index contributed by atoms with van der Waals surface area (Å²) in [6.07, 6.45) is 1.33. The SMILES string of the molecule is O=C(Cn1ccc([N+](=O)[O-])n1)Nc1ccc(F)cc1Br. The number of nitro groups is 1. The van der Waals surface area contributed by atoms with Crippen LogP contribution in [0.15, 0.2) is 34.9 Å². The van der Waals surface area contributed by atoms with Gasteiger partial charge in [-0.15, -0.1) is 0 Å². The number of hydrogen-bond acceptors (Lipinski definition) is 4. The number of amides is 1. The number of nitrogens with one attached hydrogen (secondary N) is 1. The Morgan fingerprint density at radius 1 is 1.50 bits per heavy atom. The predicted molar refractivity (Wildman–Crippen MR) is 71.6 cm³/mol. The van der Waals surface area contributed by atoms with Crippen molar-refractivity contribution in [3.63, 3.8) is 0 Å². The van der Waals surface area contributed by atoms with Gasteiger partial charge in [0.25, 0.3) is 0 Å². The van der Waals surface area contributed by atoms with Gasteiger partial charge in [-0.1, -0.05) is 0 Å². The molecule has 1 aromatic carbocycles. The van der Waals surface area contributed by atoms with Crippen molar-refractivity contribution in [2.24, 2.45) is 0 Å². The lowest BCUT2D eigenvalue weighted by Crippen LogP contribution is -2.19. The molecule has 0 aliphatic heterocycles. The van der Waals surface area contributed by atoms with Crippen molar-refractivity contribution >= 4 is 33.3 Å². The highest BCUT2D eigenvalue weighted by atomic mass is 79.9. The van der Waals surface area contributed by atoms with E-state index in [1.807, 2.05) is 0 Å². The highest BCUT2D eigenvalue weighted by Gasteiger charge is 2.14. The van der Waals surface area contributed by atoms with Crippen molar-refractivity contribution in [1.82, 2.24) is 9.78 Å². The van der Waals surface area contributed by atoms with E-state index in [2.05, 4.69) is 26.3 Å². The zero-order valence-electron chi connectivity index (χ0n) is 9.92. The van der Waals surface area contributed by atoms with Gasteiger partial charge < -0.3 is 15.4 Å². The molecular formula is C11H8BrFN4O3. The monoisotopic (exact) mass is 342 g/mol. The normalized spacial score (nSPS) is 10.3. The third-order valence-corrected chi connectivity index (χ3v) is 2.98. The highest BCUT2D eigenvalue weighted by Crippen LogP contribution is 2.23. The second-order valence-corrected chi connectivity index (χ2v) is 4.66. The second kappa shape index (κ2) is 5.78. The first-order valence-corrected chi connectivity index (χ1v) is 6.18. The second-order valence-electron chi connectivity index (χ2n) is 3.80. The summed E-state index contributed by atoms with van der Waals surface area (Å²) in [5.41, 5.74) is 0.401. The Morgan fingerprint density at radius 3 is 2.85 bits per heavy atom. The Kier molecular flexibility index (Phi) is 4.08. The van der Waals surface area contributed by atoms with Crippen LogP contribution < -0.4 is 5.32 Å². The standard InChI is InChI=1S/C11H8BrFN4O3/c12-8-5-7(13)1-2-9(8)14-11(18)6-16-4-3-10(15-16)17(19)20/h1-5H,6H2,(H,14,18). The molecule has 20 heavy (non-hydrogen) atoms. The summed E-state index contributed by atoms with van der Waals surface area (Å²) in [6.45, 7) is -0.183. The van der Waals surface area contributed by atoms with E-state index in [1.165, 1.54) is 30.5 Å². The minimum atomic E-state index is -0.648. The van der Waals surface area contributed by atoms with Crippen molar-refractivity contribution < 1.29 is 14.1 Å². The number of rotatable bonds is 4. The molecule has 1 amide bonds. The van der Waals surface area contributed by atoms with E-state index in [-0.39, 0.29) is 12.4 Å². The number of anilines is 1. The molecule has 2 rings (SSSR count). The van der Waals surface area contributed by atoms with Gasteiger partial charge >= 0.3 is 5.82 Å². The van der Waals surface area contributed by atoms with Crippen molar-refractivity contribution in [3.05, 3.63) is 50.9 Å². The van der Waals surface area contributed by atoms with E-state index in [1.54, 1.807) is 0 Å². The maximum atomic E-state index is 12.9. The van der Waals surface area contributed by atoms with E-state index in [9.17, 15) is 19.3 Å². The first kappa shape index (κ1) is 14.1. The summed E-state index contributed by atoms with van der Waals surface area (Å²) in [6, 6.07) is 5.03. The fourth-order valence-corrected chi connectivity index (χ4v) is 1.91. The van der Waals surface area contributed by atoms with Crippen LogP contribution in [0, 0.1) is 15.9 Å². The quantitative estimate of drug-likeness (QED) is 0.681. The molecule has 0 saturated heterocycles. The molecular weight excluding hydrogens is 335 g/mol. The summed E-state index contributed by atoms with van der Waals surface area (Å²) >= 11 is 3.12. The molecule has 1 N–H and O–H groups in total. The molecule has 0 radical (unpaired) electrons. The Labute approximate surface area is 120 Å². The van der Waals surface area contributed by atoms with Crippen LogP contribution in [0.25, 0.3) is 0 Å². The number of hydrogen-bond donors (Lipinski definition) is 1. The molecule has 0 fully saturated rings. The number of nitrogens with zero attached hydrogens (tertiary/aromatic N) is 3. The third-order valence-electron chi connectivity index (χ3n) is 2.32. The first-order valence-electron chi connectivity index (χ1n) is 5.38. The summed E-state index contributed by atoms with van der Waals surface area (Å²) < 4.78 is 14.4. The number of carbonyl (C=O) groups is 1. The highest BCUT2D eigenvalue weighted by molar-refractivity contribution is 9.10.